The standard InChI is InChI=1S/C10H12.C9H12.C7H11N.2C2H6/c1-8(2)10-6-4-5-9(3)7-10;1-7-4-5-8(2)9(3)6-7;1-7(2)5-4-6-8-3;2*1-2/h4-7H,1H2,2-3H3;4-6H,1-3H3;4-6H,1H2,2-3H3;2*1-2H3/b;;5-4-,8-6?;;. The van der Waals surface area contributed by atoms with Gasteiger partial charge in [0.15, 0.2) is 0 Å². The smallest absolute Gasteiger partial charge is 0.0277 e. The van der Waals surface area contributed by atoms with E-state index in [1.807, 2.05) is 53.7 Å². The minimum absolute atomic E-state index is 1.05. The van der Waals surface area contributed by atoms with E-state index in [9.17, 15) is 0 Å². The van der Waals surface area contributed by atoms with Crippen molar-refractivity contribution in [1.29, 1.82) is 0 Å². The van der Waals surface area contributed by atoms with Crippen molar-refractivity contribution >= 4 is 11.8 Å². The summed E-state index contributed by atoms with van der Waals surface area (Å²) in [6.07, 6.45) is 5.50. The Labute approximate surface area is 194 Å². The van der Waals surface area contributed by atoms with Gasteiger partial charge in [0.2, 0.25) is 0 Å². The van der Waals surface area contributed by atoms with Crippen molar-refractivity contribution in [2.75, 3.05) is 7.05 Å². The fourth-order valence-corrected chi connectivity index (χ4v) is 2.10. The van der Waals surface area contributed by atoms with E-state index in [4.69, 9.17) is 0 Å². The summed E-state index contributed by atoms with van der Waals surface area (Å²) in [6.45, 7) is 28.0. The maximum atomic E-state index is 3.87. The maximum absolute atomic E-state index is 3.87. The summed E-state index contributed by atoms with van der Waals surface area (Å²) in [5, 5.41) is 0. The molecule has 0 amide bonds. The number of nitrogens with zero attached hydrogens (tertiary/aromatic N) is 1. The molecule has 31 heavy (non-hydrogen) atoms. The fraction of sp³-hybridized carbons (Fsp3) is 0.367. The third-order valence-electron chi connectivity index (χ3n) is 3.79. The first kappa shape index (κ1) is 33.0. The van der Waals surface area contributed by atoms with Gasteiger partial charge in [-0.25, -0.2) is 0 Å². The second kappa shape index (κ2) is 22.0. The predicted octanol–water partition coefficient (Wildman–Crippen LogP) is 9.51. The molecule has 0 aromatic heterocycles. The predicted molar refractivity (Wildman–Crippen MR) is 148 cm³/mol. The molecule has 2 aromatic carbocycles. The monoisotopic (exact) mass is 421 g/mol. The summed E-state index contributed by atoms with van der Waals surface area (Å²) >= 11 is 0. The van der Waals surface area contributed by atoms with Crippen LogP contribution in [-0.4, -0.2) is 13.3 Å². The molecule has 2 aromatic rings. The van der Waals surface area contributed by atoms with E-state index >= 15 is 0 Å². The first-order valence-electron chi connectivity index (χ1n) is 11.2. The lowest BCUT2D eigenvalue weighted by Crippen LogP contribution is -1.79. The Morgan fingerprint density at radius 1 is 0.774 bits per heavy atom. The van der Waals surface area contributed by atoms with Crippen LogP contribution in [-0.2, 0) is 0 Å². The molecule has 1 heteroatoms. The molecule has 0 heterocycles. The molecule has 0 saturated carbocycles. The maximum Gasteiger partial charge on any atom is 0.0277 e. The van der Waals surface area contributed by atoms with Crippen LogP contribution < -0.4 is 0 Å². The lowest BCUT2D eigenvalue weighted by atomic mass is 10.1. The van der Waals surface area contributed by atoms with Crippen molar-refractivity contribution in [3.63, 3.8) is 0 Å². The minimum atomic E-state index is 1.05. The van der Waals surface area contributed by atoms with Crippen LogP contribution in [0.1, 0.15) is 69.4 Å². The highest BCUT2D eigenvalue weighted by Crippen LogP contribution is 2.12. The SMILES string of the molecule is C=C(C)/C=C\C=NC.C=C(C)c1cccc(C)c1.CC.CC.Cc1ccc(C)c(C)c1. The van der Waals surface area contributed by atoms with Gasteiger partial charge in [-0.3, -0.25) is 4.99 Å². The molecule has 0 radical (unpaired) electrons. The van der Waals surface area contributed by atoms with Crippen LogP contribution >= 0.6 is 0 Å². The molecule has 2 rings (SSSR count). The molecule has 0 spiro atoms. The molecule has 0 unspecified atom stereocenters. The zero-order valence-corrected chi connectivity index (χ0v) is 22.1. The average molecular weight is 422 g/mol. The second-order valence-electron chi connectivity index (χ2n) is 6.85. The summed E-state index contributed by atoms with van der Waals surface area (Å²) < 4.78 is 0. The van der Waals surface area contributed by atoms with Gasteiger partial charge >= 0.3 is 0 Å². The fourth-order valence-electron chi connectivity index (χ4n) is 2.10. The molecule has 0 N–H and O–H groups in total. The summed E-state index contributed by atoms with van der Waals surface area (Å²) in [5.41, 5.74) is 8.81. The van der Waals surface area contributed by atoms with E-state index in [1.54, 1.807) is 13.3 Å². The summed E-state index contributed by atoms with van der Waals surface area (Å²) in [5.74, 6) is 0. The first-order valence-corrected chi connectivity index (χ1v) is 11.2. The van der Waals surface area contributed by atoms with Gasteiger partial charge in [0.05, 0.1) is 0 Å². The van der Waals surface area contributed by atoms with Crippen LogP contribution in [0.3, 0.4) is 0 Å². The molecule has 0 fully saturated rings. The van der Waals surface area contributed by atoms with Gasteiger partial charge in [-0.1, -0.05) is 112 Å². The normalized spacial score (nSPS) is 9.13. The van der Waals surface area contributed by atoms with E-state index in [0.717, 1.165) is 11.1 Å². The van der Waals surface area contributed by atoms with Gasteiger partial charge in [0.25, 0.3) is 0 Å². The van der Waals surface area contributed by atoms with E-state index in [1.165, 1.54) is 27.8 Å². The summed E-state index contributed by atoms with van der Waals surface area (Å²) in [6, 6.07) is 14.9. The Bertz CT molecular complexity index is 792. The molecular weight excluding hydrogens is 374 g/mol. The Morgan fingerprint density at radius 3 is 1.68 bits per heavy atom. The molecule has 0 saturated heterocycles. The number of hydrogen-bond acceptors (Lipinski definition) is 1. The van der Waals surface area contributed by atoms with Crippen LogP contribution in [0.2, 0.25) is 0 Å². The Hall–Kier alpha value is -2.67. The van der Waals surface area contributed by atoms with Crippen molar-refractivity contribution in [3.05, 3.63) is 101 Å². The Morgan fingerprint density at radius 2 is 1.32 bits per heavy atom. The highest BCUT2D eigenvalue weighted by Gasteiger charge is 1.90. The van der Waals surface area contributed by atoms with Crippen LogP contribution in [0, 0.1) is 27.7 Å². The van der Waals surface area contributed by atoms with Gasteiger partial charge in [-0.15, -0.1) is 0 Å². The zero-order valence-electron chi connectivity index (χ0n) is 22.1. The van der Waals surface area contributed by atoms with E-state index < -0.39 is 0 Å². The van der Waals surface area contributed by atoms with Crippen molar-refractivity contribution in [2.24, 2.45) is 4.99 Å². The first-order chi connectivity index (χ1) is 14.7. The third kappa shape index (κ3) is 20.4. The molecular formula is C30H47N. The van der Waals surface area contributed by atoms with Crippen LogP contribution in [0.5, 0.6) is 0 Å². The largest absolute Gasteiger partial charge is 0.297 e. The lowest BCUT2D eigenvalue weighted by molar-refractivity contribution is 1.30. The van der Waals surface area contributed by atoms with Crippen molar-refractivity contribution in [2.45, 2.75) is 69.2 Å². The summed E-state index contributed by atoms with van der Waals surface area (Å²) in [7, 11) is 1.74. The second-order valence-corrected chi connectivity index (χ2v) is 6.85. The van der Waals surface area contributed by atoms with E-state index in [-0.39, 0.29) is 0 Å². The highest BCUT2D eigenvalue weighted by atomic mass is 14.6. The zero-order chi connectivity index (χ0) is 24.8. The average Bonchev–Trinajstić information content (AvgIpc) is 2.75. The summed E-state index contributed by atoms with van der Waals surface area (Å²) in [4.78, 5) is 3.75. The van der Waals surface area contributed by atoms with Crippen LogP contribution in [0.4, 0.5) is 0 Å². The molecule has 0 aliphatic heterocycles. The van der Waals surface area contributed by atoms with Crippen molar-refractivity contribution < 1.29 is 0 Å². The van der Waals surface area contributed by atoms with Crippen LogP contribution in [0.15, 0.2) is 78.3 Å². The molecule has 0 atom stereocenters. The van der Waals surface area contributed by atoms with Gasteiger partial charge < -0.3 is 0 Å². The quantitative estimate of drug-likeness (QED) is 0.345. The number of allylic oxidation sites excluding steroid dienone is 4. The minimum Gasteiger partial charge on any atom is -0.297 e. The number of benzene rings is 2. The molecule has 0 aliphatic rings. The number of hydrogen-bond donors (Lipinski definition) is 0. The van der Waals surface area contributed by atoms with E-state index in [2.05, 4.69) is 88.3 Å². The molecule has 1 nitrogen and oxygen atoms in total. The third-order valence-corrected chi connectivity index (χ3v) is 3.79. The van der Waals surface area contributed by atoms with Crippen molar-refractivity contribution in [3.8, 4) is 0 Å². The van der Waals surface area contributed by atoms with Gasteiger partial charge in [-0.2, -0.15) is 0 Å². The highest BCUT2D eigenvalue weighted by molar-refractivity contribution is 5.71. The van der Waals surface area contributed by atoms with Gasteiger partial charge in [0.1, 0.15) is 0 Å². The van der Waals surface area contributed by atoms with Crippen LogP contribution in [0.25, 0.3) is 5.57 Å². The molecule has 0 bridgehead atoms. The molecule has 172 valence electrons. The van der Waals surface area contributed by atoms with Gasteiger partial charge in [-0.05, 0) is 64.3 Å². The number of aryl methyl sites for hydroxylation is 4. The Kier molecular flexibility index (Phi) is 23.4. The lowest BCUT2D eigenvalue weighted by Gasteiger charge is -1.98. The van der Waals surface area contributed by atoms with E-state index in [0.29, 0.717) is 0 Å². The Balaban J connectivity index is -0.000000352. The molecule has 0 aliphatic carbocycles. The van der Waals surface area contributed by atoms with Crippen molar-refractivity contribution in [1.82, 2.24) is 0 Å². The topological polar surface area (TPSA) is 12.4 Å². The number of aliphatic imine (C=N–C) groups is 1. The number of rotatable bonds is 3. The van der Waals surface area contributed by atoms with Gasteiger partial charge in [0, 0.05) is 13.3 Å².